The number of halogens is 1. The van der Waals surface area contributed by atoms with Gasteiger partial charge < -0.3 is 24.7 Å². The first-order valence-electron chi connectivity index (χ1n) is 8.94. The van der Waals surface area contributed by atoms with Crippen LogP contribution < -0.4 is 5.32 Å². The Hall–Kier alpha value is -3.07. The number of imidazole rings is 1. The Morgan fingerprint density at radius 1 is 1.34 bits per heavy atom. The number of aromatic amines is 1. The number of rotatable bonds is 5. The quantitative estimate of drug-likeness (QED) is 0.713. The van der Waals surface area contributed by atoms with Crippen LogP contribution in [0.15, 0.2) is 30.6 Å². The third-order valence-corrected chi connectivity index (χ3v) is 4.97. The summed E-state index contributed by atoms with van der Waals surface area (Å²) in [5, 5.41) is 3.11. The number of urea groups is 1. The highest BCUT2D eigenvalue weighted by Gasteiger charge is 2.36. The number of carbonyl (C=O) groups is 3. The highest BCUT2D eigenvalue weighted by atomic mass is 35.5. The van der Waals surface area contributed by atoms with Crippen molar-refractivity contribution in [3.8, 4) is 0 Å². The zero-order valence-corrected chi connectivity index (χ0v) is 16.7. The Balaban J connectivity index is 1.89. The van der Waals surface area contributed by atoms with Crippen LogP contribution in [0.25, 0.3) is 0 Å². The molecule has 0 bridgehead atoms. The average Bonchev–Trinajstić information content (AvgIpc) is 3.20. The molecule has 1 aliphatic heterocycles. The summed E-state index contributed by atoms with van der Waals surface area (Å²) in [6, 6.07) is 4.97. The molecule has 0 spiro atoms. The van der Waals surface area contributed by atoms with E-state index in [1.54, 1.807) is 29.4 Å². The van der Waals surface area contributed by atoms with Gasteiger partial charge in [-0.2, -0.15) is 0 Å². The van der Waals surface area contributed by atoms with Gasteiger partial charge in [0.2, 0.25) is 0 Å². The lowest BCUT2D eigenvalue weighted by Gasteiger charge is -2.36. The van der Waals surface area contributed by atoms with E-state index < -0.39 is 30.1 Å². The maximum atomic E-state index is 13.1. The Morgan fingerprint density at radius 2 is 2.14 bits per heavy atom. The van der Waals surface area contributed by atoms with Crippen LogP contribution in [0, 0.1) is 0 Å². The fourth-order valence-electron chi connectivity index (χ4n) is 3.33. The number of methoxy groups -OCH3 is 2. The number of amides is 2. The Bertz CT molecular complexity index is 916. The summed E-state index contributed by atoms with van der Waals surface area (Å²) in [4.78, 5) is 45.8. The van der Waals surface area contributed by atoms with E-state index in [1.165, 1.54) is 14.2 Å². The maximum Gasteiger partial charge on any atom is 0.329 e. The predicted octanol–water partition coefficient (Wildman–Crippen LogP) is 1.82. The summed E-state index contributed by atoms with van der Waals surface area (Å²) in [5.74, 6) is -1.37. The lowest BCUT2D eigenvalue weighted by Crippen LogP contribution is -2.52. The first-order chi connectivity index (χ1) is 13.9. The molecule has 2 aromatic rings. The normalized spacial score (nSPS) is 16.5. The maximum absolute atomic E-state index is 13.1. The number of H-pyrrole nitrogens is 1. The summed E-state index contributed by atoms with van der Waals surface area (Å²) in [6.07, 6.45) is 1.82. The van der Waals surface area contributed by atoms with Crippen LogP contribution in [0.2, 0.25) is 5.02 Å². The van der Waals surface area contributed by atoms with E-state index in [1.807, 2.05) is 6.07 Å². The minimum Gasteiger partial charge on any atom is -0.469 e. The predicted molar refractivity (Wildman–Crippen MR) is 103 cm³/mol. The molecule has 29 heavy (non-hydrogen) atoms. The van der Waals surface area contributed by atoms with Gasteiger partial charge in [0.1, 0.15) is 12.1 Å². The van der Waals surface area contributed by atoms with E-state index in [0.717, 1.165) is 11.3 Å². The van der Waals surface area contributed by atoms with Crippen molar-refractivity contribution in [1.82, 2.24) is 20.2 Å². The van der Waals surface area contributed by atoms with E-state index >= 15 is 0 Å². The van der Waals surface area contributed by atoms with Gasteiger partial charge in [-0.15, -0.1) is 0 Å². The molecule has 1 unspecified atom stereocenters. The molecule has 2 N–H and O–H groups in total. The van der Waals surface area contributed by atoms with E-state index in [-0.39, 0.29) is 6.42 Å². The van der Waals surface area contributed by atoms with Crippen LogP contribution in [-0.2, 0) is 25.5 Å². The second-order valence-corrected chi connectivity index (χ2v) is 6.91. The van der Waals surface area contributed by atoms with Gasteiger partial charge >= 0.3 is 18.0 Å². The van der Waals surface area contributed by atoms with Crippen molar-refractivity contribution in [2.45, 2.75) is 24.9 Å². The highest BCUT2D eigenvalue weighted by Crippen LogP contribution is 2.34. The molecular formula is C19H21ClN4O5. The molecule has 1 aliphatic rings. The number of esters is 2. The lowest BCUT2D eigenvalue weighted by atomic mass is 9.96. The fraction of sp³-hybridized carbons (Fsp3) is 0.368. The lowest BCUT2D eigenvalue weighted by molar-refractivity contribution is -0.149. The molecule has 0 saturated heterocycles. The molecule has 9 nitrogen and oxygen atoms in total. The first kappa shape index (κ1) is 20.7. The van der Waals surface area contributed by atoms with Crippen molar-refractivity contribution in [2.24, 2.45) is 0 Å². The smallest absolute Gasteiger partial charge is 0.329 e. The second kappa shape index (κ2) is 8.95. The van der Waals surface area contributed by atoms with Gasteiger partial charge in [0.25, 0.3) is 0 Å². The molecule has 3 rings (SSSR count). The third-order valence-electron chi connectivity index (χ3n) is 4.73. The molecule has 1 aromatic carbocycles. The van der Waals surface area contributed by atoms with Crippen molar-refractivity contribution in [2.75, 3.05) is 20.8 Å². The second-order valence-electron chi connectivity index (χ2n) is 6.47. The van der Waals surface area contributed by atoms with Gasteiger partial charge in [0.15, 0.2) is 0 Å². The van der Waals surface area contributed by atoms with Crippen molar-refractivity contribution >= 4 is 29.6 Å². The molecule has 2 atom stereocenters. The van der Waals surface area contributed by atoms with Crippen LogP contribution >= 0.6 is 11.6 Å². The number of hydrogen-bond acceptors (Lipinski definition) is 6. The Labute approximate surface area is 172 Å². The molecule has 2 heterocycles. The highest BCUT2D eigenvalue weighted by molar-refractivity contribution is 6.30. The summed E-state index contributed by atoms with van der Waals surface area (Å²) in [5.41, 5.74) is 2.41. The Kier molecular flexibility index (Phi) is 6.38. The average molecular weight is 421 g/mol. The van der Waals surface area contributed by atoms with Crippen molar-refractivity contribution in [3.05, 3.63) is 52.6 Å². The number of hydrogen-bond donors (Lipinski definition) is 2. The minimum atomic E-state index is -1.17. The molecule has 1 aromatic heterocycles. The largest absolute Gasteiger partial charge is 0.469 e. The topological polar surface area (TPSA) is 114 Å². The summed E-state index contributed by atoms with van der Waals surface area (Å²) in [6.45, 7) is 0.379. The molecule has 10 heteroatoms. The van der Waals surface area contributed by atoms with Crippen LogP contribution in [0.5, 0.6) is 0 Å². The van der Waals surface area contributed by atoms with Gasteiger partial charge in [-0.05, 0) is 17.7 Å². The Morgan fingerprint density at radius 3 is 2.83 bits per heavy atom. The van der Waals surface area contributed by atoms with E-state index in [4.69, 9.17) is 16.3 Å². The van der Waals surface area contributed by atoms with Crippen LogP contribution in [0.3, 0.4) is 0 Å². The van der Waals surface area contributed by atoms with Gasteiger partial charge in [0.05, 0.1) is 32.7 Å². The summed E-state index contributed by atoms with van der Waals surface area (Å²) in [7, 11) is 2.39. The number of carbonyl (C=O) groups excluding carboxylic acids is 3. The standard InChI is InChI=1S/C19H21ClN4O5/c1-28-15(25)9-14(18(26)29-2)23-19(27)24-7-6-13-16(22-10-21-13)17(24)11-4-3-5-12(20)8-11/h3-5,8,10,14,17H,6-7,9H2,1-2H3,(H,21,22)(H,23,27)/t14-,17?/m0/s1. The third kappa shape index (κ3) is 4.51. The number of fused-ring (bicyclic) bond motifs is 1. The number of aromatic nitrogens is 2. The molecule has 0 fully saturated rings. The van der Waals surface area contributed by atoms with Gasteiger partial charge in [-0.1, -0.05) is 23.7 Å². The number of nitrogens with zero attached hydrogens (tertiary/aromatic N) is 2. The minimum absolute atomic E-state index is 0.335. The van der Waals surface area contributed by atoms with Gasteiger partial charge in [0, 0.05) is 23.7 Å². The van der Waals surface area contributed by atoms with E-state index in [2.05, 4.69) is 20.0 Å². The fourth-order valence-corrected chi connectivity index (χ4v) is 3.53. The van der Waals surface area contributed by atoms with Crippen LogP contribution in [0.4, 0.5) is 4.79 Å². The zero-order chi connectivity index (χ0) is 21.0. The molecular weight excluding hydrogens is 400 g/mol. The molecule has 0 aliphatic carbocycles. The first-order valence-corrected chi connectivity index (χ1v) is 9.31. The summed E-state index contributed by atoms with van der Waals surface area (Å²) >= 11 is 6.15. The monoisotopic (exact) mass is 420 g/mol. The van der Waals surface area contributed by atoms with Crippen molar-refractivity contribution < 1.29 is 23.9 Å². The number of nitrogens with one attached hydrogen (secondary N) is 2. The summed E-state index contributed by atoms with van der Waals surface area (Å²) < 4.78 is 9.30. The number of benzene rings is 1. The van der Waals surface area contributed by atoms with E-state index in [0.29, 0.717) is 23.7 Å². The number of ether oxygens (including phenoxy) is 2. The van der Waals surface area contributed by atoms with Crippen molar-refractivity contribution in [3.63, 3.8) is 0 Å². The van der Waals surface area contributed by atoms with Crippen LogP contribution in [0.1, 0.15) is 29.4 Å². The SMILES string of the molecule is COC(=O)C[C@H](NC(=O)N1CCc2[nH]cnc2C1c1cccc(Cl)c1)C(=O)OC. The zero-order valence-electron chi connectivity index (χ0n) is 16.0. The van der Waals surface area contributed by atoms with Crippen LogP contribution in [-0.4, -0.2) is 59.6 Å². The molecule has 0 saturated carbocycles. The van der Waals surface area contributed by atoms with Gasteiger partial charge in [-0.25, -0.2) is 14.6 Å². The molecule has 154 valence electrons. The van der Waals surface area contributed by atoms with Gasteiger partial charge in [-0.3, -0.25) is 4.79 Å². The molecule has 2 amide bonds. The molecule has 0 radical (unpaired) electrons. The van der Waals surface area contributed by atoms with Crippen molar-refractivity contribution in [1.29, 1.82) is 0 Å². The van der Waals surface area contributed by atoms with E-state index in [9.17, 15) is 14.4 Å².